The fraction of sp³-hybridized carbons (Fsp3) is 0.273. The number of aromatic nitrogens is 3. The Labute approximate surface area is 98.8 Å². The van der Waals surface area contributed by atoms with Crippen molar-refractivity contribution in [3.63, 3.8) is 0 Å². The van der Waals surface area contributed by atoms with Crippen molar-refractivity contribution in [3.8, 4) is 11.4 Å². The van der Waals surface area contributed by atoms with Crippen molar-refractivity contribution in [2.45, 2.75) is 6.54 Å². The summed E-state index contributed by atoms with van der Waals surface area (Å²) in [6.45, 7) is 1.23. The zero-order chi connectivity index (χ0) is 11.4. The minimum Gasteiger partial charge on any atom is -0.383 e. The molecule has 0 fully saturated rings. The van der Waals surface area contributed by atoms with Gasteiger partial charge in [0.25, 0.3) is 0 Å². The second-order valence-electron chi connectivity index (χ2n) is 3.30. The summed E-state index contributed by atoms with van der Waals surface area (Å²) in [6.07, 6.45) is 0. The van der Waals surface area contributed by atoms with Gasteiger partial charge in [-0.25, -0.2) is 0 Å². The Bertz CT molecular complexity index is 456. The summed E-state index contributed by atoms with van der Waals surface area (Å²) < 4.78 is 6.86. The Morgan fingerprint density at radius 2 is 2.00 bits per heavy atom. The standard InChI is InChI=1S/C11H12ClN3O/c1-16-8-7-15-10(13-14-11(15)12)9-5-3-2-4-6-9/h2-6H,7-8H2,1H3. The first-order chi connectivity index (χ1) is 7.83. The SMILES string of the molecule is COCCn1c(Cl)nnc1-c1ccccc1. The highest BCUT2D eigenvalue weighted by atomic mass is 35.5. The molecule has 0 N–H and O–H groups in total. The molecular formula is C11H12ClN3O. The highest BCUT2D eigenvalue weighted by Gasteiger charge is 2.11. The molecule has 1 aromatic heterocycles. The minimum atomic E-state index is 0.385. The molecule has 0 aliphatic rings. The van der Waals surface area contributed by atoms with Gasteiger partial charge >= 0.3 is 0 Å². The molecule has 0 bridgehead atoms. The van der Waals surface area contributed by atoms with Crippen LogP contribution in [0.25, 0.3) is 11.4 Å². The summed E-state index contributed by atoms with van der Waals surface area (Å²) in [5.41, 5.74) is 0.998. The summed E-state index contributed by atoms with van der Waals surface area (Å²) in [4.78, 5) is 0. The molecule has 0 radical (unpaired) electrons. The van der Waals surface area contributed by atoms with Gasteiger partial charge in [-0.15, -0.1) is 10.2 Å². The summed E-state index contributed by atoms with van der Waals surface area (Å²) >= 11 is 5.96. The lowest BCUT2D eigenvalue weighted by Crippen LogP contribution is -2.06. The van der Waals surface area contributed by atoms with Gasteiger partial charge in [0.05, 0.1) is 13.2 Å². The van der Waals surface area contributed by atoms with E-state index in [0.29, 0.717) is 18.4 Å². The number of ether oxygens (including phenoxy) is 1. The lowest BCUT2D eigenvalue weighted by Gasteiger charge is -2.06. The average Bonchev–Trinajstić information content (AvgIpc) is 2.69. The molecule has 5 heteroatoms. The highest BCUT2D eigenvalue weighted by Crippen LogP contribution is 2.19. The summed E-state index contributed by atoms with van der Waals surface area (Å²) in [7, 11) is 1.65. The first kappa shape index (κ1) is 11.1. The highest BCUT2D eigenvalue weighted by molar-refractivity contribution is 6.28. The van der Waals surface area contributed by atoms with E-state index in [4.69, 9.17) is 16.3 Å². The van der Waals surface area contributed by atoms with Crippen LogP contribution in [0.3, 0.4) is 0 Å². The van der Waals surface area contributed by atoms with Crippen molar-refractivity contribution in [2.75, 3.05) is 13.7 Å². The third-order valence-corrected chi connectivity index (χ3v) is 2.54. The van der Waals surface area contributed by atoms with Crippen LogP contribution in [-0.4, -0.2) is 28.5 Å². The van der Waals surface area contributed by atoms with E-state index < -0.39 is 0 Å². The maximum absolute atomic E-state index is 5.96. The van der Waals surface area contributed by atoms with Gasteiger partial charge in [-0.3, -0.25) is 4.57 Å². The largest absolute Gasteiger partial charge is 0.383 e. The van der Waals surface area contributed by atoms with Gasteiger partial charge in [0.1, 0.15) is 0 Å². The van der Waals surface area contributed by atoms with Crippen molar-refractivity contribution in [1.82, 2.24) is 14.8 Å². The maximum atomic E-state index is 5.96. The third kappa shape index (κ3) is 2.23. The molecular weight excluding hydrogens is 226 g/mol. The molecule has 16 heavy (non-hydrogen) atoms. The van der Waals surface area contributed by atoms with Gasteiger partial charge in [-0.1, -0.05) is 30.3 Å². The molecule has 84 valence electrons. The maximum Gasteiger partial charge on any atom is 0.225 e. The number of methoxy groups -OCH3 is 1. The topological polar surface area (TPSA) is 39.9 Å². The van der Waals surface area contributed by atoms with Crippen LogP contribution in [0.1, 0.15) is 0 Å². The van der Waals surface area contributed by atoms with E-state index in [1.807, 2.05) is 34.9 Å². The summed E-state index contributed by atoms with van der Waals surface area (Å²) in [5.74, 6) is 0.766. The van der Waals surface area contributed by atoms with Gasteiger partial charge < -0.3 is 4.74 Å². The second-order valence-corrected chi connectivity index (χ2v) is 3.64. The molecule has 1 aromatic carbocycles. The average molecular weight is 238 g/mol. The number of halogens is 1. The number of nitrogens with zero attached hydrogens (tertiary/aromatic N) is 3. The fourth-order valence-electron chi connectivity index (χ4n) is 1.47. The van der Waals surface area contributed by atoms with E-state index in [-0.39, 0.29) is 0 Å². The molecule has 2 aromatic rings. The second kappa shape index (κ2) is 5.09. The molecule has 0 atom stereocenters. The van der Waals surface area contributed by atoms with E-state index >= 15 is 0 Å². The van der Waals surface area contributed by atoms with Crippen molar-refractivity contribution in [1.29, 1.82) is 0 Å². The van der Waals surface area contributed by atoms with Crippen LogP contribution < -0.4 is 0 Å². The van der Waals surface area contributed by atoms with Crippen LogP contribution >= 0.6 is 11.6 Å². The smallest absolute Gasteiger partial charge is 0.225 e. The van der Waals surface area contributed by atoms with Crippen LogP contribution in [0.5, 0.6) is 0 Å². The summed E-state index contributed by atoms with van der Waals surface area (Å²) in [6, 6.07) is 9.82. The van der Waals surface area contributed by atoms with Crippen molar-refractivity contribution < 1.29 is 4.74 Å². The third-order valence-electron chi connectivity index (χ3n) is 2.26. The van der Waals surface area contributed by atoms with Gasteiger partial charge in [0.2, 0.25) is 5.28 Å². The number of hydrogen-bond donors (Lipinski definition) is 0. The Balaban J connectivity index is 2.34. The minimum absolute atomic E-state index is 0.385. The lowest BCUT2D eigenvalue weighted by molar-refractivity contribution is 0.187. The summed E-state index contributed by atoms with van der Waals surface area (Å²) in [5, 5.41) is 8.32. The zero-order valence-corrected chi connectivity index (χ0v) is 9.68. The Morgan fingerprint density at radius 1 is 1.25 bits per heavy atom. The first-order valence-electron chi connectivity index (χ1n) is 4.96. The molecule has 0 saturated carbocycles. The van der Waals surface area contributed by atoms with Gasteiger partial charge in [0.15, 0.2) is 5.82 Å². The van der Waals surface area contributed by atoms with E-state index in [2.05, 4.69) is 10.2 Å². The zero-order valence-electron chi connectivity index (χ0n) is 8.93. The molecule has 0 aliphatic heterocycles. The van der Waals surface area contributed by atoms with E-state index in [9.17, 15) is 0 Å². The lowest BCUT2D eigenvalue weighted by atomic mass is 10.2. The Kier molecular flexibility index (Phi) is 3.54. The van der Waals surface area contributed by atoms with Crippen LogP contribution in [0.2, 0.25) is 5.28 Å². The van der Waals surface area contributed by atoms with E-state index in [0.717, 1.165) is 11.4 Å². The fourth-order valence-corrected chi connectivity index (χ4v) is 1.67. The number of benzene rings is 1. The van der Waals surface area contributed by atoms with Crippen LogP contribution in [-0.2, 0) is 11.3 Å². The molecule has 0 saturated heterocycles. The number of hydrogen-bond acceptors (Lipinski definition) is 3. The van der Waals surface area contributed by atoms with Crippen molar-refractivity contribution >= 4 is 11.6 Å². The monoisotopic (exact) mass is 237 g/mol. The van der Waals surface area contributed by atoms with Crippen LogP contribution in [0, 0.1) is 0 Å². The molecule has 0 aliphatic carbocycles. The normalized spacial score (nSPS) is 10.6. The predicted molar refractivity (Wildman–Crippen MR) is 62.3 cm³/mol. The molecule has 1 heterocycles. The number of rotatable bonds is 4. The molecule has 0 spiro atoms. The first-order valence-corrected chi connectivity index (χ1v) is 5.34. The predicted octanol–water partition coefficient (Wildman–Crippen LogP) is 2.24. The van der Waals surface area contributed by atoms with E-state index in [1.165, 1.54) is 0 Å². The molecule has 4 nitrogen and oxygen atoms in total. The molecule has 0 unspecified atom stereocenters. The van der Waals surface area contributed by atoms with Gasteiger partial charge in [-0.2, -0.15) is 0 Å². The van der Waals surface area contributed by atoms with Gasteiger partial charge in [-0.05, 0) is 11.6 Å². The van der Waals surface area contributed by atoms with Gasteiger partial charge in [0, 0.05) is 12.7 Å². The van der Waals surface area contributed by atoms with Crippen LogP contribution in [0.4, 0.5) is 0 Å². The van der Waals surface area contributed by atoms with Crippen molar-refractivity contribution in [3.05, 3.63) is 35.6 Å². The van der Waals surface area contributed by atoms with E-state index in [1.54, 1.807) is 7.11 Å². The van der Waals surface area contributed by atoms with Crippen molar-refractivity contribution in [2.24, 2.45) is 0 Å². The van der Waals surface area contributed by atoms with Crippen LogP contribution in [0.15, 0.2) is 30.3 Å². The molecule has 0 amide bonds. The quantitative estimate of drug-likeness (QED) is 0.819. The Hall–Kier alpha value is -1.39. The Morgan fingerprint density at radius 3 is 2.69 bits per heavy atom. The molecule has 2 rings (SSSR count).